The van der Waals surface area contributed by atoms with E-state index in [0.29, 0.717) is 0 Å². The average molecular weight is 337 g/mol. The first-order valence-corrected chi connectivity index (χ1v) is 9.13. The fourth-order valence-corrected chi connectivity index (χ4v) is 3.46. The topological polar surface area (TPSA) is 15.8 Å². The van der Waals surface area contributed by atoms with Crippen LogP contribution >= 0.6 is 0 Å². The van der Waals surface area contributed by atoms with Gasteiger partial charge in [0.05, 0.1) is 0 Å². The van der Waals surface area contributed by atoms with Gasteiger partial charge in [0.2, 0.25) is 0 Å². The van der Waals surface area contributed by atoms with Crippen LogP contribution in [0.15, 0.2) is 79.4 Å². The van der Waals surface area contributed by atoms with Gasteiger partial charge in [0, 0.05) is 11.4 Å². The number of benzene rings is 3. The summed E-state index contributed by atoms with van der Waals surface area (Å²) in [6, 6.07) is 26.1. The van der Waals surface area contributed by atoms with E-state index in [1.165, 1.54) is 33.0 Å². The molecule has 0 radical (unpaired) electrons. The standard InChI is InChI=1S/C25H23N/c1-4-18-8-10-20(11-9-18)24-14-15-25(26-24)21-13-12-19-6-5-7-22(17(2)3)23(19)16-21/h5-16,26H,2,4H2,1,3H3. The van der Waals surface area contributed by atoms with Gasteiger partial charge < -0.3 is 4.98 Å². The fraction of sp³-hybridized carbons (Fsp3) is 0.120. The molecular weight excluding hydrogens is 314 g/mol. The quantitative estimate of drug-likeness (QED) is 0.409. The van der Waals surface area contributed by atoms with Crippen LogP contribution in [0.25, 0.3) is 38.9 Å². The predicted molar refractivity (Wildman–Crippen MR) is 113 cm³/mol. The summed E-state index contributed by atoms with van der Waals surface area (Å²) < 4.78 is 0. The van der Waals surface area contributed by atoms with Crippen LogP contribution in [0.3, 0.4) is 0 Å². The minimum atomic E-state index is 1.07. The summed E-state index contributed by atoms with van der Waals surface area (Å²) in [6.45, 7) is 8.37. The fourth-order valence-electron chi connectivity index (χ4n) is 3.46. The lowest BCUT2D eigenvalue weighted by Crippen LogP contribution is -1.85. The molecule has 0 aliphatic rings. The minimum Gasteiger partial charge on any atom is -0.355 e. The number of hydrogen-bond donors (Lipinski definition) is 1. The number of nitrogens with one attached hydrogen (secondary N) is 1. The Morgan fingerprint density at radius 2 is 1.54 bits per heavy atom. The van der Waals surface area contributed by atoms with Gasteiger partial charge in [0.25, 0.3) is 0 Å². The van der Waals surface area contributed by atoms with Crippen molar-refractivity contribution in [1.29, 1.82) is 0 Å². The second-order valence-electron chi connectivity index (χ2n) is 6.86. The zero-order valence-electron chi connectivity index (χ0n) is 15.3. The Kier molecular flexibility index (Phi) is 4.22. The molecule has 0 aliphatic heterocycles. The molecule has 4 aromatic rings. The highest BCUT2D eigenvalue weighted by Crippen LogP contribution is 2.30. The molecule has 1 N–H and O–H groups in total. The van der Waals surface area contributed by atoms with Gasteiger partial charge in [-0.25, -0.2) is 0 Å². The van der Waals surface area contributed by atoms with Gasteiger partial charge in [-0.2, -0.15) is 0 Å². The second kappa shape index (κ2) is 6.68. The molecule has 4 rings (SSSR count). The number of aromatic amines is 1. The number of aromatic nitrogens is 1. The highest BCUT2D eigenvalue weighted by Gasteiger charge is 2.07. The van der Waals surface area contributed by atoms with Crippen molar-refractivity contribution >= 4 is 16.3 Å². The second-order valence-corrected chi connectivity index (χ2v) is 6.86. The van der Waals surface area contributed by atoms with Gasteiger partial charge in [-0.05, 0) is 64.6 Å². The molecule has 0 aliphatic carbocycles. The Morgan fingerprint density at radius 1 is 0.846 bits per heavy atom. The van der Waals surface area contributed by atoms with Gasteiger partial charge >= 0.3 is 0 Å². The monoisotopic (exact) mass is 337 g/mol. The molecular formula is C25H23N. The Bertz CT molecular complexity index is 1080. The lowest BCUT2D eigenvalue weighted by Gasteiger charge is -2.08. The van der Waals surface area contributed by atoms with Crippen molar-refractivity contribution in [3.05, 3.63) is 90.5 Å². The molecule has 0 unspecified atom stereocenters. The molecule has 1 heterocycles. The van der Waals surface area contributed by atoms with Gasteiger partial charge in [-0.15, -0.1) is 0 Å². The summed E-state index contributed by atoms with van der Waals surface area (Å²) in [6.07, 6.45) is 1.07. The van der Waals surface area contributed by atoms with Crippen LogP contribution in [-0.2, 0) is 6.42 Å². The maximum absolute atomic E-state index is 4.13. The van der Waals surface area contributed by atoms with Crippen molar-refractivity contribution in [1.82, 2.24) is 4.98 Å². The maximum Gasteiger partial charge on any atom is 0.0458 e. The molecule has 0 saturated carbocycles. The predicted octanol–water partition coefficient (Wildman–Crippen LogP) is 7.10. The number of hydrogen-bond acceptors (Lipinski definition) is 0. The van der Waals surface area contributed by atoms with Crippen molar-refractivity contribution in [3.63, 3.8) is 0 Å². The van der Waals surface area contributed by atoms with Gasteiger partial charge in [-0.1, -0.05) is 73.7 Å². The van der Waals surface area contributed by atoms with Crippen molar-refractivity contribution in [2.24, 2.45) is 0 Å². The molecule has 0 fully saturated rings. The normalized spacial score (nSPS) is 11.0. The molecule has 0 amide bonds. The van der Waals surface area contributed by atoms with Gasteiger partial charge in [0.15, 0.2) is 0 Å². The highest BCUT2D eigenvalue weighted by atomic mass is 14.7. The molecule has 0 bridgehead atoms. The lowest BCUT2D eigenvalue weighted by atomic mass is 9.97. The van der Waals surface area contributed by atoms with Crippen LogP contribution in [-0.4, -0.2) is 4.98 Å². The Labute approximate surface area is 155 Å². The maximum atomic E-state index is 4.13. The lowest BCUT2D eigenvalue weighted by molar-refractivity contribution is 1.14. The van der Waals surface area contributed by atoms with E-state index in [-0.39, 0.29) is 0 Å². The first-order chi connectivity index (χ1) is 12.7. The Hall–Kier alpha value is -3.06. The van der Waals surface area contributed by atoms with E-state index in [0.717, 1.165) is 23.4 Å². The SMILES string of the molecule is C=C(C)c1cccc2ccc(-c3ccc(-c4ccc(CC)cc4)[nH]3)cc12. The van der Waals surface area contributed by atoms with Gasteiger partial charge in [0.1, 0.15) is 0 Å². The largest absolute Gasteiger partial charge is 0.355 e. The third kappa shape index (κ3) is 2.97. The van der Waals surface area contributed by atoms with Crippen LogP contribution in [0.2, 0.25) is 0 Å². The zero-order chi connectivity index (χ0) is 18.1. The molecule has 1 aromatic heterocycles. The molecule has 0 atom stereocenters. The van der Waals surface area contributed by atoms with E-state index < -0.39 is 0 Å². The number of allylic oxidation sites excluding steroid dienone is 1. The molecule has 26 heavy (non-hydrogen) atoms. The van der Waals surface area contributed by atoms with E-state index >= 15 is 0 Å². The summed E-state index contributed by atoms with van der Waals surface area (Å²) in [4.78, 5) is 3.57. The first kappa shape index (κ1) is 16.4. The van der Waals surface area contributed by atoms with Gasteiger partial charge in [-0.3, -0.25) is 0 Å². The molecule has 0 spiro atoms. The summed E-state index contributed by atoms with van der Waals surface area (Å²) in [5.41, 5.74) is 8.37. The van der Waals surface area contributed by atoms with E-state index in [9.17, 15) is 0 Å². The van der Waals surface area contributed by atoms with Crippen LogP contribution in [0.4, 0.5) is 0 Å². The summed E-state index contributed by atoms with van der Waals surface area (Å²) in [7, 11) is 0. The minimum absolute atomic E-state index is 1.07. The van der Waals surface area contributed by atoms with Crippen molar-refractivity contribution in [2.45, 2.75) is 20.3 Å². The van der Waals surface area contributed by atoms with E-state index in [4.69, 9.17) is 0 Å². The van der Waals surface area contributed by atoms with Crippen molar-refractivity contribution in [3.8, 4) is 22.5 Å². The zero-order valence-corrected chi connectivity index (χ0v) is 15.3. The third-order valence-corrected chi connectivity index (χ3v) is 5.01. The smallest absolute Gasteiger partial charge is 0.0458 e. The Morgan fingerprint density at radius 3 is 2.23 bits per heavy atom. The van der Waals surface area contributed by atoms with E-state index in [1.54, 1.807) is 0 Å². The van der Waals surface area contributed by atoms with Crippen molar-refractivity contribution < 1.29 is 0 Å². The van der Waals surface area contributed by atoms with E-state index in [2.05, 4.69) is 98.2 Å². The average Bonchev–Trinajstić information content (AvgIpc) is 3.17. The van der Waals surface area contributed by atoms with Crippen LogP contribution in [0, 0.1) is 0 Å². The molecule has 128 valence electrons. The summed E-state index contributed by atoms with van der Waals surface area (Å²) in [5.74, 6) is 0. The molecule has 1 heteroatoms. The molecule has 1 nitrogen and oxygen atoms in total. The number of H-pyrrole nitrogens is 1. The Balaban J connectivity index is 1.75. The van der Waals surface area contributed by atoms with Crippen LogP contribution < -0.4 is 0 Å². The van der Waals surface area contributed by atoms with Crippen LogP contribution in [0.1, 0.15) is 25.0 Å². The van der Waals surface area contributed by atoms with Crippen molar-refractivity contribution in [2.75, 3.05) is 0 Å². The first-order valence-electron chi connectivity index (χ1n) is 9.13. The summed E-state index contributed by atoms with van der Waals surface area (Å²) >= 11 is 0. The molecule has 3 aromatic carbocycles. The molecule has 0 saturated heterocycles. The van der Waals surface area contributed by atoms with E-state index in [1.807, 2.05) is 0 Å². The number of rotatable bonds is 4. The number of aryl methyl sites for hydroxylation is 1. The number of fused-ring (bicyclic) bond motifs is 1. The summed E-state index contributed by atoms with van der Waals surface area (Å²) in [5, 5.41) is 2.50. The highest BCUT2D eigenvalue weighted by molar-refractivity contribution is 5.95. The third-order valence-electron chi connectivity index (χ3n) is 5.01. The van der Waals surface area contributed by atoms with Crippen LogP contribution in [0.5, 0.6) is 0 Å².